The number of fused-ring (bicyclic) bond motifs is 1. The molecule has 7 heteroatoms. The molecular formula is C18H13BrN4OS. The quantitative estimate of drug-likeness (QED) is 0.540. The van der Waals surface area contributed by atoms with E-state index in [1.54, 1.807) is 4.52 Å². The third kappa shape index (κ3) is 3.47. The van der Waals surface area contributed by atoms with Gasteiger partial charge in [-0.15, -0.1) is 16.4 Å². The van der Waals surface area contributed by atoms with Crippen molar-refractivity contribution in [1.29, 1.82) is 0 Å². The molecule has 4 rings (SSSR count). The average Bonchev–Trinajstić information content (AvgIpc) is 3.17. The summed E-state index contributed by atoms with van der Waals surface area (Å²) in [5.74, 6) is 0.188. The molecule has 0 aliphatic carbocycles. The van der Waals surface area contributed by atoms with E-state index in [1.807, 2.05) is 60.0 Å². The van der Waals surface area contributed by atoms with Crippen molar-refractivity contribution < 1.29 is 4.79 Å². The van der Waals surface area contributed by atoms with Crippen LogP contribution >= 0.6 is 27.3 Å². The van der Waals surface area contributed by atoms with Gasteiger partial charge in [0.2, 0.25) is 16.8 Å². The SMILES string of the molecule is O=C(Cc1ccc(Br)cc1)Nc1nc2scc(-c3ccccc3)n2n1. The molecule has 1 N–H and O–H groups in total. The van der Waals surface area contributed by atoms with Crippen molar-refractivity contribution in [1.82, 2.24) is 14.6 Å². The lowest BCUT2D eigenvalue weighted by atomic mass is 10.1. The number of amides is 1. The number of rotatable bonds is 4. The summed E-state index contributed by atoms with van der Waals surface area (Å²) in [5.41, 5.74) is 2.96. The third-order valence-corrected chi connectivity index (χ3v) is 5.03. The molecule has 5 nitrogen and oxygen atoms in total. The van der Waals surface area contributed by atoms with E-state index in [-0.39, 0.29) is 12.3 Å². The number of halogens is 1. The zero-order valence-corrected chi connectivity index (χ0v) is 15.4. The van der Waals surface area contributed by atoms with Crippen molar-refractivity contribution in [3.05, 3.63) is 70.0 Å². The number of nitrogens with zero attached hydrogens (tertiary/aromatic N) is 3. The lowest BCUT2D eigenvalue weighted by Crippen LogP contribution is -2.15. The summed E-state index contributed by atoms with van der Waals surface area (Å²) in [5, 5.41) is 9.21. The second-order valence-corrected chi connectivity index (χ2v) is 7.22. The monoisotopic (exact) mass is 412 g/mol. The van der Waals surface area contributed by atoms with Crippen LogP contribution in [0.1, 0.15) is 5.56 Å². The number of benzene rings is 2. The van der Waals surface area contributed by atoms with Gasteiger partial charge in [0.25, 0.3) is 0 Å². The van der Waals surface area contributed by atoms with E-state index < -0.39 is 0 Å². The smallest absolute Gasteiger partial charge is 0.250 e. The second-order valence-electron chi connectivity index (χ2n) is 5.47. The summed E-state index contributed by atoms with van der Waals surface area (Å²) in [6.45, 7) is 0. The zero-order chi connectivity index (χ0) is 17.2. The molecule has 2 aromatic carbocycles. The maximum Gasteiger partial charge on any atom is 0.250 e. The highest BCUT2D eigenvalue weighted by Gasteiger charge is 2.13. The van der Waals surface area contributed by atoms with E-state index in [0.717, 1.165) is 26.3 Å². The van der Waals surface area contributed by atoms with Gasteiger partial charge in [-0.3, -0.25) is 10.1 Å². The van der Waals surface area contributed by atoms with Gasteiger partial charge in [0.1, 0.15) is 0 Å². The van der Waals surface area contributed by atoms with Gasteiger partial charge in [-0.1, -0.05) is 58.4 Å². The summed E-state index contributed by atoms with van der Waals surface area (Å²) in [6, 6.07) is 17.6. The maximum atomic E-state index is 12.2. The van der Waals surface area contributed by atoms with Crippen molar-refractivity contribution in [2.45, 2.75) is 6.42 Å². The molecule has 0 bridgehead atoms. The Kier molecular flexibility index (Phi) is 4.33. The molecule has 0 spiro atoms. The van der Waals surface area contributed by atoms with Crippen LogP contribution in [0.4, 0.5) is 5.95 Å². The molecular weight excluding hydrogens is 400 g/mol. The maximum absolute atomic E-state index is 12.2. The van der Waals surface area contributed by atoms with Crippen molar-refractivity contribution in [3.8, 4) is 11.3 Å². The number of hydrogen-bond donors (Lipinski definition) is 1. The largest absolute Gasteiger partial charge is 0.293 e. The molecule has 2 aromatic heterocycles. The molecule has 0 unspecified atom stereocenters. The van der Waals surface area contributed by atoms with Gasteiger partial charge in [0, 0.05) is 15.4 Å². The lowest BCUT2D eigenvalue weighted by Gasteiger charge is -2.02. The number of thiazole rings is 1. The van der Waals surface area contributed by atoms with E-state index in [4.69, 9.17) is 0 Å². The molecule has 0 aliphatic rings. The van der Waals surface area contributed by atoms with Gasteiger partial charge in [-0.05, 0) is 17.7 Å². The van der Waals surface area contributed by atoms with Crippen molar-refractivity contribution in [2.24, 2.45) is 0 Å². The Balaban J connectivity index is 1.53. The van der Waals surface area contributed by atoms with Crippen LogP contribution in [0.5, 0.6) is 0 Å². The van der Waals surface area contributed by atoms with Gasteiger partial charge < -0.3 is 0 Å². The Morgan fingerprint density at radius 1 is 1.12 bits per heavy atom. The molecule has 0 saturated carbocycles. The Morgan fingerprint density at radius 3 is 2.64 bits per heavy atom. The molecule has 124 valence electrons. The first-order chi connectivity index (χ1) is 12.2. The molecule has 4 aromatic rings. The Hall–Kier alpha value is -2.51. The van der Waals surface area contributed by atoms with E-state index in [1.165, 1.54) is 11.3 Å². The first-order valence-corrected chi connectivity index (χ1v) is 9.30. The summed E-state index contributed by atoms with van der Waals surface area (Å²) < 4.78 is 2.75. The van der Waals surface area contributed by atoms with Crippen LogP contribution in [-0.4, -0.2) is 20.5 Å². The summed E-state index contributed by atoms with van der Waals surface area (Å²) in [6.07, 6.45) is 0.283. The van der Waals surface area contributed by atoms with Gasteiger partial charge in [-0.2, -0.15) is 4.98 Å². The predicted molar refractivity (Wildman–Crippen MR) is 103 cm³/mol. The van der Waals surface area contributed by atoms with E-state index >= 15 is 0 Å². The van der Waals surface area contributed by atoms with Gasteiger partial charge in [0.15, 0.2) is 0 Å². The average molecular weight is 413 g/mol. The van der Waals surface area contributed by atoms with Crippen molar-refractivity contribution in [3.63, 3.8) is 0 Å². The Bertz CT molecular complexity index is 1020. The Morgan fingerprint density at radius 2 is 1.88 bits per heavy atom. The molecule has 2 heterocycles. The van der Waals surface area contributed by atoms with Crippen molar-refractivity contribution >= 4 is 44.1 Å². The van der Waals surface area contributed by atoms with Crippen LogP contribution in [0.2, 0.25) is 0 Å². The Labute approximate surface area is 156 Å². The zero-order valence-electron chi connectivity index (χ0n) is 13.0. The minimum atomic E-state index is -0.137. The summed E-state index contributed by atoms with van der Waals surface area (Å²) in [4.78, 5) is 17.3. The molecule has 1 amide bonds. The van der Waals surface area contributed by atoms with Crippen LogP contribution in [-0.2, 0) is 11.2 Å². The third-order valence-electron chi connectivity index (χ3n) is 3.68. The van der Waals surface area contributed by atoms with Gasteiger partial charge >= 0.3 is 0 Å². The number of carbonyl (C=O) groups is 1. The van der Waals surface area contributed by atoms with Gasteiger partial charge in [-0.25, -0.2) is 4.52 Å². The topological polar surface area (TPSA) is 59.3 Å². The molecule has 0 radical (unpaired) electrons. The lowest BCUT2D eigenvalue weighted by molar-refractivity contribution is -0.115. The number of hydrogen-bond acceptors (Lipinski definition) is 4. The van der Waals surface area contributed by atoms with Crippen molar-refractivity contribution in [2.75, 3.05) is 5.32 Å². The summed E-state index contributed by atoms with van der Waals surface area (Å²) >= 11 is 4.88. The predicted octanol–water partition coefficient (Wildman–Crippen LogP) is 4.40. The molecule has 0 fully saturated rings. The molecule has 25 heavy (non-hydrogen) atoms. The van der Waals surface area contributed by atoms with E-state index in [9.17, 15) is 4.79 Å². The van der Waals surface area contributed by atoms with E-state index in [2.05, 4.69) is 31.3 Å². The van der Waals surface area contributed by atoms with Gasteiger partial charge in [0.05, 0.1) is 12.1 Å². The highest BCUT2D eigenvalue weighted by molar-refractivity contribution is 9.10. The fourth-order valence-corrected chi connectivity index (χ4v) is 3.59. The first kappa shape index (κ1) is 16.0. The number of nitrogens with one attached hydrogen (secondary N) is 1. The highest BCUT2D eigenvalue weighted by Crippen LogP contribution is 2.25. The highest BCUT2D eigenvalue weighted by atomic mass is 79.9. The minimum Gasteiger partial charge on any atom is -0.293 e. The summed E-state index contributed by atoms with van der Waals surface area (Å²) in [7, 11) is 0. The fraction of sp³-hybridized carbons (Fsp3) is 0.0556. The number of aromatic nitrogens is 3. The second kappa shape index (κ2) is 6.78. The molecule has 0 aliphatic heterocycles. The first-order valence-electron chi connectivity index (χ1n) is 7.63. The molecule has 0 saturated heterocycles. The number of anilines is 1. The van der Waals surface area contributed by atoms with Crippen LogP contribution in [0.25, 0.3) is 16.2 Å². The number of carbonyl (C=O) groups excluding carboxylic acids is 1. The standard InChI is InChI=1S/C18H13BrN4OS/c19-14-8-6-12(7-9-14)10-16(24)20-17-21-18-23(22-17)15(11-25-18)13-4-2-1-3-5-13/h1-9,11H,10H2,(H,20,22,24). The normalized spacial score (nSPS) is 10.9. The van der Waals surface area contributed by atoms with Crippen LogP contribution < -0.4 is 5.32 Å². The fourth-order valence-electron chi connectivity index (χ4n) is 2.50. The van der Waals surface area contributed by atoms with E-state index in [0.29, 0.717) is 5.95 Å². The van der Waals surface area contributed by atoms with Crippen LogP contribution in [0.15, 0.2) is 64.5 Å². The molecule has 0 atom stereocenters. The van der Waals surface area contributed by atoms with Crippen LogP contribution in [0, 0.1) is 0 Å². The minimum absolute atomic E-state index is 0.137. The van der Waals surface area contributed by atoms with Crippen LogP contribution in [0.3, 0.4) is 0 Å².